The molecule has 1 aliphatic carbocycles. The van der Waals surface area contributed by atoms with Crippen LogP contribution in [0.25, 0.3) is 0 Å². The van der Waals surface area contributed by atoms with Gasteiger partial charge in [-0.15, -0.1) is 0 Å². The molecule has 3 N–H and O–H groups in total. The van der Waals surface area contributed by atoms with Gasteiger partial charge in [0.05, 0.1) is 11.9 Å². The normalized spacial score (nSPS) is 16.0. The average molecular weight is 425 g/mol. The van der Waals surface area contributed by atoms with E-state index < -0.39 is 10.0 Å². The number of nitrogens with one attached hydrogen (secondary N) is 3. The first-order valence-corrected chi connectivity index (χ1v) is 12.4. The number of nitrogens with zero attached hydrogens (tertiary/aromatic N) is 1. The molecule has 0 radical (unpaired) electrons. The molecule has 8 heteroatoms. The van der Waals surface area contributed by atoms with E-state index in [1.165, 1.54) is 32.1 Å². The maximum Gasteiger partial charge on any atom is 0.213 e. The summed E-state index contributed by atoms with van der Waals surface area (Å²) in [5.74, 6) is 0.637. The van der Waals surface area contributed by atoms with Crippen LogP contribution in [-0.2, 0) is 21.3 Å². The smallest absolute Gasteiger partial charge is 0.213 e. The highest BCUT2D eigenvalue weighted by atomic mass is 32.2. The highest BCUT2D eigenvalue weighted by molar-refractivity contribution is 7.89. The largest absolute Gasteiger partial charge is 0.378 e. The molecule has 0 unspecified atom stereocenters. The Morgan fingerprint density at radius 1 is 1.14 bits per heavy atom. The fourth-order valence-corrected chi connectivity index (χ4v) is 4.15. The van der Waals surface area contributed by atoms with Crippen LogP contribution in [-0.4, -0.2) is 52.5 Å². The molecule has 0 spiro atoms. The quantitative estimate of drug-likeness (QED) is 0.272. The Morgan fingerprint density at radius 2 is 1.90 bits per heavy atom. The zero-order valence-corrected chi connectivity index (χ0v) is 18.3. The van der Waals surface area contributed by atoms with Crippen molar-refractivity contribution in [2.24, 2.45) is 4.99 Å². The first kappa shape index (κ1) is 23.6. The molecule has 7 nitrogen and oxygen atoms in total. The van der Waals surface area contributed by atoms with Crippen molar-refractivity contribution in [3.63, 3.8) is 0 Å². The van der Waals surface area contributed by atoms with Crippen molar-refractivity contribution in [3.8, 4) is 0 Å². The second-order valence-electron chi connectivity index (χ2n) is 7.30. The molecule has 2 rings (SSSR count). The van der Waals surface area contributed by atoms with Crippen molar-refractivity contribution in [3.05, 3.63) is 35.9 Å². The van der Waals surface area contributed by atoms with E-state index in [-0.39, 0.29) is 5.75 Å². The number of hydrogen-bond donors (Lipinski definition) is 3. The van der Waals surface area contributed by atoms with E-state index in [9.17, 15) is 8.42 Å². The Labute approximate surface area is 175 Å². The Balaban J connectivity index is 1.64. The second-order valence-corrected chi connectivity index (χ2v) is 9.22. The summed E-state index contributed by atoms with van der Waals surface area (Å²) in [6.07, 6.45) is 7.54. The number of benzene rings is 1. The number of aliphatic imine (C=N–C) groups is 1. The van der Waals surface area contributed by atoms with Crippen molar-refractivity contribution in [2.45, 2.75) is 58.1 Å². The Morgan fingerprint density at radius 3 is 2.62 bits per heavy atom. The maximum absolute atomic E-state index is 12.2. The van der Waals surface area contributed by atoms with Crippen molar-refractivity contribution in [2.75, 3.05) is 32.0 Å². The van der Waals surface area contributed by atoms with Gasteiger partial charge >= 0.3 is 0 Å². The van der Waals surface area contributed by atoms with Crippen LogP contribution >= 0.6 is 0 Å². The minimum atomic E-state index is -3.35. The molecule has 0 atom stereocenters. The summed E-state index contributed by atoms with van der Waals surface area (Å²) < 4.78 is 32.9. The first-order chi connectivity index (χ1) is 14.1. The predicted octanol–water partition coefficient (Wildman–Crippen LogP) is 2.40. The standard InChI is InChI=1S/C21H36N4O3S/c1-2-22-21(23-14-9-16-28-20-12-7-4-8-13-20)24-15-17-29(26,27)25-18-19-10-5-3-6-11-19/h3,5-6,10-11,20,25H,2,4,7-9,12-18H2,1H3,(H2,22,23,24). The molecular formula is C21H36N4O3S. The lowest BCUT2D eigenvalue weighted by Crippen LogP contribution is -2.41. The summed E-state index contributed by atoms with van der Waals surface area (Å²) in [6.45, 7) is 4.70. The van der Waals surface area contributed by atoms with Gasteiger partial charge in [-0.25, -0.2) is 13.1 Å². The van der Waals surface area contributed by atoms with Gasteiger partial charge in [0.2, 0.25) is 10.0 Å². The maximum atomic E-state index is 12.2. The van der Waals surface area contributed by atoms with E-state index >= 15 is 0 Å². The second kappa shape index (κ2) is 13.6. The lowest BCUT2D eigenvalue weighted by atomic mass is 9.98. The summed E-state index contributed by atoms with van der Waals surface area (Å²) in [5.41, 5.74) is 0.939. The Kier molecular flexibility index (Phi) is 11.1. The van der Waals surface area contributed by atoms with E-state index in [1.807, 2.05) is 37.3 Å². The van der Waals surface area contributed by atoms with Crippen LogP contribution in [0.15, 0.2) is 35.3 Å². The van der Waals surface area contributed by atoms with E-state index in [0.717, 1.165) is 25.1 Å². The average Bonchev–Trinajstić information content (AvgIpc) is 2.73. The number of rotatable bonds is 12. The van der Waals surface area contributed by atoms with Crippen LogP contribution in [0, 0.1) is 0 Å². The van der Waals surface area contributed by atoms with Crippen LogP contribution in [0.1, 0.15) is 51.0 Å². The molecule has 29 heavy (non-hydrogen) atoms. The van der Waals surface area contributed by atoms with Crippen molar-refractivity contribution in [1.29, 1.82) is 0 Å². The van der Waals surface area contributed by atoms with Gasteiger partial charge in [0, 0.05) is 32.8 Å². The molecule has 0 aliphatic heterocycles. The summed E-state index contributed by atoms with van der Waals surface area (Å²) in [6, 6.07) is 9.49. The van der Waals surface area contributed by atoms with Gasteiger partial charge in [-0.2, -0.15) is 0 Å². The molecule has 0 heterocycles. The third-order valence-corrected chi connectivity index (χ3v) is 6.15. The van der Waals surface area contributed by atoms with Crippen LogP contribution in [0.2, 0.25) is 0 Å². The van der Waals surface area contributed by atoms with E-state index in [0.29, 0.717) is 31.7 Å². The van der Waals surface area contributed by atoms with E-state index in [2.05, 4.69) is 20.3 Å². The minimum Gasteiger partial charge on any atom is -0.378 e. The molecule has 0 bridgehead atoms. The molecule has 164 valence electrons. The fourth-order valence-electron chi connectivity index (χ4n) is 3.24. The summed E-state index contributed by atoms with van der Waals surface area (Å²) in [4.78, 5) is 4.51. The first-order valence-electron chi connectivity index (χ1n) is 10.7. The molecule has 0 amide bonds. The summed E-state index contributed by atoms with van der Waals surface area (Å²) in [5, 5.41) is 6.24. The number of hydrogen-bond acceptors (Lipinski definition) is 4. The highest BCUT2D eigenvalue weighted by Gasteiger charge is 2.13. The van der Waals surface area contributed by atoms with Crippen LogP contribution < -0.4 is 15.4 Å². The van der Waals surface area contributed by atoms with Gasteiger partial charge in [-0.1, -0.05) is 49.6 Å². The molecule has 1 aromatic rings. The molecule has 0 aromatic heterocycles. The van der Waals surface area contributed by atoms with Crippen LogP contribution in [0.5, 0.6) is 0 Å². The monoisotopic (exact) mass is 424 g/mol. The van der Waals surface area contributed by atoms with Gasteiger partial charge in [-0.3, -0.25) is 4.99 Å². The molecule has 1 fully saturated rings. The van der Waals surface area contributed by atoms with Crippen molar-refractivity contribution < 1.29 is 13.2 Å². The summed E-state index contributed by atoms with van der Waals surface area (Å²) in [7, 11) is -3.35. The number of ether oxygens (including phenoxy) is 1. The predicted molar refractivity (Wildman–Crippen MR) is 118 cm³/mol. The van der Waals surface area contributed by atoms with Gasteiger partial charge < -0.3 is 15.4 Å². The SMILES string of the molecule is CCNC(=NCCCOC1CCCCC1)NCCS(=O)(=O)NCc1ccccc1. The molecule has 1 aromatic carbocycles. The topological polar surface area (TPSA) is 91.8 Å². The lowest BCUT2D eigenvalue weighted by Gasteiger charge is -2.21. The van der Waals surface area contributed by atoms with Crippen LogP contribution in [0.4, 0.5) is 0 Å². The van der Waals surface area contributed by atoms with Gasteiger partial charge in [0.1, 0.15) is 0 Å². The van der Waals surface area contributed by atoms with Gasteiger partial charge in [0.25, 0.3) is 0 Å². The van der Waals surface area contributed by atoms with Crippen molar-refractivity contribution in [1.82, 2.24) is 15.4 Å². The zero-order chi connectivity index (χ0) is 20.8. The molecule has 1 saturated carbocycles. The molecule has 0 saturated heterocycles. The number of guanidine groups is 1. The molecular weight excluding hydrogens is 388 g/mol. The van der Waals surface area contributed by atoms with Gasteiger partial charge in [0.15, 0.2) is 5.96 Å². The highest BCUT2D eigenvalue weighted by Crippen LogP contribution is 2.20. The Hall–Kier alpha value is -1.64. The minimum absolute atomic E-state index is 0.00492. The summed E-state index contributed by atoms with van der Waals surface area (Å²) >= 11 is 0. The van der Waals surface area contributed by atoms with E-state index in [1.54, 1.807) is 0 Å². The zero-order valence-electron chi connectivity index (χ0n) is 17.5. The van der Waals surface area contributed by atoms with Gasteiger partial charge in [-0.05, 0) is 31.7 Å². The molecule has 1 aliphatic rings. The third-order valence-electron chi connectivity index (χ3n) is 4.82. The Bertz CT molecular complexity index is 689. The number of sulfonamides is 1. The van der Waals surface area contributed by atoms with Crippen LogP contribution in [0.3, 0.4) is 0 Å². The van der Waals surface area contributed by atoms with Crippen molar-refractivity contribution >= 4 is 16.0 Å². The lowest BCUT2D eigenvalue weighted by molar-refractivity contribution is 0.0281. The fraction of sp³-hybridized carbons (Fsp3) is 0.667. The third kappa shape index (κ3) is 10.6. The van der Waals surface area contributed by atoms with E-state index in [4.69, 9.17) is 4.74 Å².